The fourth-order valence-corrected chi connectivity index (χ4v) is 3.66. The summed E-state index contributed by atoms with van der Waals surface area (Å²) in [4.78, 5) is 12.2. The van der Waals surface area contributed by atoms with E-state index in [9.17, 15) is 13.6 Å². The Kier molecular flexibility index (Phi) is 5.79. The largest absolute Gasteiger partial charge is 0.487 e. The van der Waals surface area contributed by atoms with Crippen molar-refractivity contribution in [2.75, 3.05) is 13.7 Å². The van der Waals surface area contributed by atoms with Gasteiger partial charge >= 0.3 is 0 Å². The Labute approximate surface area is 178 Å². The maximum absolute atomic E-state index is 13.3. The van der Waals surface area contributed by atoms with Crippen LogP contribution in [0.25, 0.3) is 11.3 Å². The fourth-order valence-electron chi connectivity index (χ4n) is 3.66. The molecule has 1 atom stereocenters. The first-order valence-electron chi connectivity index (χ1n) is 9.81. The Bertz CT molecular complexity index is 1100. The van der Waals surface area contributed by atoms with Crippen LogP contribution in [0.15, 0.2) is 42.5 Å². The molecule has 2 aromatic carbocycles. The van der Waals surface area contributed by atoms with Gasteiger partial charge in [0.2, 0.25) is 11.8 Å². The van der Waals surface area contributed by atoms with E-state index in [4.69, 9.17) is 9.47 Å². The van der Waals surface area contributed by atoms with Crippen molar-refractivity contribution < 1.29 is 23.0 Å². The van der Waals surface area contributed by atoms with Crippen LogP contribution in [-0.4, -0.2) is 35.9 Å². The molecule has 3 aromatic rings. The van der Waals surface area contributed by atoms with Crippen LogP contribution in [0.5, 0.6) is 11.6 Å². The molecule has 160 valence electrons. The molecule has 1 aliphatic rings. The summed E-state index contributed by atoms with van der Waals surface area (Å²) in [6.45, 7) is 2.27. The third-order valence-corrected chi connectivity index (χ3v) is 4.98. The Hall–Kier alpha value is -3.55. The Morgan fingerprint density at radius 3 is 2.61 bits per heavy atom. The molecule has 6 nitrogen and oxygen atoms in total. The summed E-state index contributed by atoms with van der Waals surface area (Å²) in [5, 5.41) is 11.0. The van der Waals surface area contributed by atoms with Crippen molar-refractivity contribution >= 4 is 5.91 Å². The minimum absolute atomic E-state index is 0.111. The second kappa shape index (κ2) is 8.67. The fraction of sp³-hybridized carbons (Fsp3) is 0.261. The summed E-state index contributed by atoms with van der Waals surface area (Å²) >= 11 is 0. The van der Waals surface area contributed by atoms with E-state index in [0.717, 1.165) is 40.6 Å². The van der Waals surface area contributed by atoms with Crippen molar-refractivity contribution in [3.8, 4) is 22.9 Å². The zero-order valence-corrected chi connectivity index (χ0v) is 17.1. The molecule has 8 heteroatoms. The van der Waals surface area contributed by atoms with E-state index >= 15 is 0 Å². The topological polar surface area (TPSA) is 73.3 Å². The second-order valence-corrected chi connectivity index (χ2v) is 7.46. The molecule has 0 saturated heterocycles. The first-order chi connectivity index (χ1) is 14.9. The Balaban J connectivity index is 1.43. The molecule has 2 heterocycles. The van der Waals surface area contributed by atoms with Crippen LogP contribution in [0.2, 0.25) is 0 Å². The number of carbonyl (C=O) groups is 1. The molecule has 0 radical (unpaired) electrons. The summed E-state index contributed by atoms with van der Waals surface area (Å²) in [6, 6.07) is 10.7. The zero-order chi connectivity index (χ0) is 22.0. The number of fused-ring (bicyclic) bond motifs is 1. The minimum Gasteiger partial charge on any atom is -0.487 e. The van der Waals surface area contributed by atoms with Crippen molar-refractivity contribution in [3.63, 3.8) is 0 Å². The normalized spacial score (nSPS) is 14.6. The number of nitrogens with zero attached hydrogens (tertiary/aromatic N) is 2. The number of benzene rings is 2. The molecule has 0 saturated carbocycles. The molecule has 0 aliphatic carbocycles. The van der Waals surface area contributed by atoms with Gasteiger partial charge < -0.3 is 14.8 Å². The molecule has 0 spiro atoms. The molecular formula is C23H21F2N3O3. The lowest BCUT2D eigenvalue weighted by Crippen LogP contribution is -2.35. The predicted octanol–water partition coefficient (Wildman–Crippen LogP) is 3.40. The number of aromatic nitrogens is 2. The molecule has 1 aromatic heterocycles. The molecular weight excluding hydrogens is 404 g/mol. The average molecular weight is 425 g/mol. The third-order valence-electron chi connectivity index (χ3n) is 4.98. The van der Waals surface area contributed by atoms with E-state index in [-0.39, 0.29) is 30.5 Å². The van der Waals surface area contributed by atoms with Gasteiger partial charge in [-0.25, -0.2) is 8.78 Å². The SMILES string of the molecule is COc1ccc(-c2cc(C)cc3c2OC(CNC(=O)Cc2cc(F)cc(F)c2)C3)nn1. The van der Waals surface area contributed by atoms with E-state index < -0.39 is 11.6 Å². The smallest absolute Gasteiger partial charge is 0.233 e. The molecule has 4 rings (SSSR count). The second-order valence-electron chi connectivity index (χ2n) is 7.46. The summed E-state index contributed by atoms with van der Waals surface area (Å²) in [6.07, 6.45) is 0.262. The number of rotatable bonds is 6. The highest BCUT2D eigenvalue weighted by Crippen LogP contribution is 2.39. The highest BCUT2D eigenvalue weighted by molar-refractivity contribution is 5.78. The van der Waals surface area contributed by atoms with Gasteiger partial charge in [0.25, 0.3) is 0 Å². The van der Waals surface area contributed by atoms with Gasteiger partial charge in [0, 0.05) is 24.1 Å². The van der Waals surface area contributed by atoms with E-state index in [1.54, 1.807) is 6.07 Å². The highest BCUT2D eigenvalue weighted by atomic mass is 19.1. The van der Waals surface area contributed by atoms with E-state index in [0.29, 0.717) is 18.0 Å². The summed E-state index contributed by atoms with van der Waals surface area (Å²) in [5.41, 5.74) is 3.86. The first-order valence-corrected chi connectivity index (χ1v) is 9.81. The number of aryl methyl sites for hydroxylation is 1. The Morgan fingerprint density at radius 1 is 1.16 bits per heavy atom. The van der Waals surface area contributed by atoms with Crippen LogP contribution in [-0.2, 0) is 17.6 Å². The van der Waals surface area contributed by atoms with Crippen molar-refractivity contribution in [2.24, 2.45) is 0 Å². The lowest BCUT2D eigenvalue weighted by Gasteiger charge is -2.14. The van der Waals surface area contributed by atoms with Gasteiger partial charge in [-0.05, 0) is 47.9 Å². The Morgan fingerprint density at radius 2 is 1.94 bits per heavy atom. The summed E-state index contributed by atoms with van der Waals surface area (Å²) < 4.78 is 37.8. The van der Waals surface area contributed by atoms with Gasteiger partial charge in [0.05, 0.1) is 25.8 Å². The van der Waals surface area contributed by atoms with Gasteiger partial charge in [0.15, 0.2) is 0 Å². The molecule has 0 fully saturated rings. The minimum atomic E-state index is -0.707. The van der Waals surface area contributed by atoms with Crippen molar-refractivity contribution in [1.29, 1.82) is 0 Å². The van der Waals surface area contributed by atoms with Gasteiger partial charge in [-0.1, -0.05) is 6.07 Å². The van der Waals surface area contributed by atoms with Crippen LogP contribution in [0.3, 0.4) is 0 Å². The number of halogens is 2. The van der Waals surface area contributed by atoms with Gasteiger partial charge in [-0.15, -0.1) is 10.2 Å². The van der Waals surface area contributed by atoms with E-state index in [2.05, 4.69) is 15.5 Å². The van der Waals surface area contributed by atoms with E-state index in [1.165, 1.54) is 7.11 Å². The summed E-state index contributed by atoms with van der Waals surface area (Å²) in [7, 11) is 1.53. The van der Waals surface area contributed by atoms with Crippen molar-refractivity contribution in [3.05, 3.63) is 70.8 Å². The van der Waals surface area contributed by atoms with Crippen LogP contribution in [0.1, 0.15) is 16.7 Å². The quantitative estimate of drug-likeness (QED) is 0.655. The maximum Gasteiger partial charge on any atom is 0.233 e. The number of amides is 1. The van der Waals surface area contributed by atoms with Gasteiger partial charge in [-0.3, -0.25) is 4.79 Å². The third kappa shape index (κ3) is 4.79. The highest BCUT2D eigenvalue weighted by Gasteiger charge is 2.27. The molecule has 1 aliphatic heterocycles. The monoisotopic (exact) mass is 425 g/mol. The average Bonchev–Trinajstić information content (AvgIpc) is 3.14. The van der Waals surface area contributed by atoms with Gasteiger partial charge in [0.1, 0.15) is 23.5 Å². The van der Waals surface area contributed by atoms with Crippen LogP contribution in [0, 0.1) is 18.6 Å². The van der Waals surface area contributed by atoms with Gasteiger partial charge in [-0.2, -0.15) is 0 Å². The predicted molar refractivity (Wildman–Crippen MR) is 110 cm³/mol. The van der Waals surface area contributed by atoms with Crippen molar-refractivity contribution in [2.45, 2.75) is 25.9 Å². The number of hydrogen-bond donors (Lipinski definition) is 1. The summed E-state index contributed by atoms with van der Waals surface area (Å²) in [5.74, 6) is -0.602. The maximum atomic E-state index is 13.3. The number of ether oxygens (including phenoxy) is 2. The first kappa shape index (κ1) is 20.7. The molecule has 1 unspecified atom stereocenters. The van der Waals surface area contributed by atoms with Crippen LogP contribution in [0.4, 0.5) is 8.78 Å². The molecule has 1 amide bonds. The lowest BCUT2D eigenvalue weighted by atomic mass is 10.0. The molecule has 1 N–H and O–H groups in total. The van der Waals surface area contributed by atoms with E-state index in [1.807, 2.05) is 25.1 Å². The number of nitrogens with one attached hydrogen (secondary N) is 1. The lowest BCUT2D eigenvalue weighted by molar-refractivity contribution is -0.120. The zero-order valence-electron chi connectivity index (χ0n) is 17.1. The van der Waals surface area contributed by atoms with Crippen LogP contribution >= 0.6 is 0 Å². The standard InChI is InChI=1S/C23H21F2N3O3/c1-13-5-15-10-18(12-26-21(29)9-14-7-16(24)11-17(25)8-14)31-23(15)19(6-13)20-3-4-22(30-2)28-27-20/h3-8,11,18H,9-10,12H2,1-2H3,(H,26,29). The molecule has 0 bridgehead atoms. The molecule has 31 heavy (non-hydrogen) atoms. The number of hydrogen-bond acceptors (Lipinski definition) is 5. The number of carbonyl (C=O) groups excluding carboxylic acids is 1. The number of methoxy groups -OCH3 is 1. The van der Waals surface area contributed by atoms with Crippen molar-refractivity contribution in [1.82, 2.24) is 15.5 Å². The van der Waals surface area contributed by atoms with Crippen LogP contribution < -0.4 is 14.8 Å².